The van der Waals surface area contributed by atoms with Gasteiger partial charge in [0.25, 0.3) is 0 Å². The average molecular weight is 455 g/mol. The summed E-state index contributed by atoms with van der Waals surface area (Å²) in [7, 11) is 0. The maximum absolute atomic E-state index is 15.3. The van der Waals surface area contributed by atoms with Gasteiger partial charge in [0, 0.05) is 31.4 Å². The Kier molecular flexibility index (Phi) is 5.64. The molecule has 0 aliphatic carbocycles. The van der Waals surface area contributed by atoms with Gasteiger partial charge in [0.05, 0.1) is 27.8 Å². The van der Waals surface area contributed by atoms with Crippen LogP contribution in [-0.2, 0) is 0 Å². The molecule has 4 rings (SSSR count). The number of nitrogens with two attached hydrogens (primary N) is 1. The molecule has 170 valence electrons. The highest BCUT2D eigenvalue weighted by Gasteiger charge is 2.31. The number of pyridine rings is 1. The highest BCUT2D eigenvalue weighted by atomic mass is 19.1. The minimum Gasteiger partial charge on any atom is -0.477 e. The maximum Gasteiger partial charge on any atom is 0.341 e. The zero-order valence-corrected chi connectivity index (χ0v) is 17.6. The van der Waals surface area contributed by atoms with E-state index in [0.29, 0.717) is 25.6 Å². The van der Waals surface area contributed by atoms with Crippen LogP contribution in [-0.4, -0.2) is 34.8 Å². The minimum absolute atomic E-state index is 0.0342. The van der Waals surface area contributed by atoms with Crippen LogP contribution in [0.15, 0.2) is 35.3 Å². The monoisotopic (exact) mass is 455 g/mol. The van der Waals surface area contributed by atoms with Crippen LogP contribution in [0.4, 0.5) is 18.9 Å². The number of carboxylic acids is 1. The van der Waals surface area contributed by atoms with Gasteiger partial charge in [-0.1, -0.05) is 5.92 Å². The van der Waals surface area contributed by atoms with Crippen LogP contribution < -0.4 is 16.1 Å². The number of anilines is 1. The molecular weight excluding hydrogens is 435 g/mol. The van der Waals surface area contributed by atoms with Gasteiger partial charge in [-0.15, -0.1) is 6.42 Å². The van der Waals surface area contributed by atoms with Crippen LogP contribution in [0.1, 0.15) is 29.3 Å². The van der Waals surface area contributed by atoms with Crippen molar-refractivity contribution in [3.8, 4) is 18.0 Å². The van der Waals surface area contributed by atoms with E-state index in [0.717, 1.165) is 29.0 Å². The van der Waals surface area contributed by atoms with Crippen LogP contribution in [0, 0.1) is 35.7 Å². The van der Waals surface area contributed by atoms with Crippen molar-refractivity contribution in [3.05, 3.63) is 69.3 Å². The van der Waals surface area contributed by atoms with E-state index in [2.05, 4.69) is 5.92 Å². The Morgan fingerprint density at radius 3 is 2.58 bits per heavy atom. The molecule has 1 aliphatic heterocycles. The molecule has 1 saturated heterocycles. The van der Waals surface area contributed by atoms with Crippen LogP contribution in [0.25, 0.3) is 16.6 Å². The number of halogens is 3. The van der Waals surface area contributed by atoms with Gasteiger partial charge in [0.2, 0.25) is 5.43 Å². The molecule has 6 nitrogen and oxygen atoms in total. The predicted octanol–water partition coefficient (Wildman–Crippen LogP) is 3.26. The molecular formula is C24H20F3N3O3. The van der Waals surface area contributed by atoms with E-state index in [-0.39, 0.29) is 39.8 Å². The van der Waals surface area contributed by atoms with Crippen molar-refractivity contribution in [3.63, 3.8) is 0 Å². The fourth-order valence-electron chi connectivity index (χ4n) is 4.33. The van der Waals surface area contributed by atoms with E-state index in [4.69, 9.17) is 12.2 Å². The fraction of sp³-hybridized carbons (Fsp3) is 0.250. The van der Waals surface area contributed by atoms with E-state index < -0.39 is 34.4 Å². The molecule has 2 atom stereocenters. The van der Waals surface area contributed by atoms with E-state index in [9.17, 15) is 23.5 Å². The lowest BCUT2D eigenvalue weighted by Crippen LogP contribution is -2.30. The zero-order chi connectivity index (χ0) is 24.0. The highest BCUT2D eigenvalue weighted by molar-refractivity contribution is 5.97. The summed E-state index contributed by atoms with van der Waals surface area (Å²) in [4.78, 5) is 26.3. The molecule has 2 aromatic carbocycles. The molecule has 1 aliphatic rings. The van der Waals surface area contributed by atoms with Crippen LogP contribution in [0.3, 0.4) is 0 Å². The highest BCUT2D eigenvalue weighted by Crippen LogP contribution is 2.35. The van der Waals surface area contributed by atoms with Gasteiger partial charge in [0.15, 0.2) is 0 Å². The lowest BCUT2D eigenvalue weighted by molar-refractivity contribution is 0.0695. The van der Waals surface area contributed by atoms with Gasteiger partial charge in [-0.25, -0.2) is 18.0 Å². The largest absolute Gasteiger partial charge is 0.477 e. The van der Waals surface area contributed by atoms with Crippen molar-refractivity contribution in [2.75, 3.05) is 18.0 Å². The Morgan fingerprint density at radius 2 is 2.00 bits per heavy atom. The minimum atomic E-state index is -1.58. The molecule has 9 heteroatoms. The van der Waals surface area contributed by atoms with Gasteiger partial charge >= 0.3 is 5.97 Å². The summed E-state index contributed by atoms with van der Waals surface area (Å²) in [6, 6.07) is 3.48. The predicted molar refractivity (Wildman–Crippen MR) is 118 cm³/mol. The summed E-state index contributed by atoms with van der Waals surface area (Å²) in [5.41, 5.74) is 4.05. The molecule has 3 aromatic rings. The molecule has 0 bridgehead atoms. The third-order valence-corrected chi connectivity index (χ3v) is 6.04. The third-order valence-electron chi connectivity index (χ3n) is 6.04. The molecule has 1 aromatic heterocycles. The van der Waals surface area contributed by atoms with Gasteiger partial charge < -0.3 is 20.3 Å². The second kappa shape index (κ2) is 8.30. The topological polar surface area (TPSA) is 88.6 Å². The second-order valence-corrected chi connectivity index (χ2v) is 8.12. The van der Waals surface area contributed by atoms with Crippen molar-refractivity contribution in [2.45, 2.75) is 19.4 Å². The van der Waals surface area contributed by atoms with Gasteiger partial charge in [0.1, 0.15) is 23.0 Å². The Bertz CT molecular complexity index is 1390. The van der Waals surface area contributed by atoms with E-state index in [1.54, 1.807) is 4.90 Å². The van der Waals surface area contributed by atoms with Crippen LogP contribution >= 0.6 is 0 Å². The lowest BCUT2D eigenvalue weighted by Gasteiger charge is -2.24. The molecule has 1 fully saturated rings. The standard InChI is InChI=1S/C24H20F3N3O3/c1-3-15-21-16(9-19(27)22(15)29-7-6-13(10-29)12(2)28)23(31)17(24(32)33)11-30(21)20-5-4-14(25)8-18(20)26/h1,4-5,8-9,11-13H,6-7,10,28H2,2H3,(H,32,33). The number of aromatic nitrogens is 1. The maximum atomic E-state index is 15.3. The van der Waals surface area contributed by atoms with Crippen molar-refractivity contribution in [1.82, 2.24) is 4.57 Å². The fourth-order valence-corrected chi connectivity index (χ4v) is 4.33. The molecule has 0 radical (unpaired) electrons. The number of aromatic carboxylic acids is 1. The molecule has 2 unspecified atom stereocenters. The summed E-state index contributed by atoms with van der Waals surface area (Å²) in [5.74, 6) is -1.74. The number of hydrogen-bond acceptors (Lipinski definition) is 4. The van der Waals surface area contributed by atoms with Crippen molar-refractivity contribution in [1.29, 1.82) is 0 Å². The number of fused-ring (bicyclic) bond motifs is 1. The average Bonchev–Trinajstić information content (AvgIpc) is 3.24. The molecule has 0 saturated carbocycles. The first-order chi connectivity index (χ1) is 15.6. The molecule has 0 amide bonds. The smallest absolute Gasteiger partial charge is 0.341 e. The number of benzene rings is 2. The third kappa shape index (κ3) is 3.72. The number of terminal acetylenes is 1. The Hall–Kier alpha value is -3.77. The molecule has 33 heavy (non-hydrogen) atoms. The Morgan fingerprint density at radius 1 is 1.27 bits per heavy atom. The Labute approximate surface area is 187 Å². The summed E-state index contributed by atoms with van der Waals surface area (Å²) < 4.78 is 44.6. The SMILES string of the molecule is C#Cc1c(N2CCC(C(C)N)C2)c(F)cc2c(=O)c(C(=O)O)cn(-c3ccc(F)cc3F)c12. The summed E-state index contributed by atoms with van der Waals surface area (Å²) in [5, 5.41) is 9.17. The van der Waals surface area contributed by atoms with E-state index in [1.165, 1.54) is 0 Å². The first-order valence-corrected chi connectivity index (χ1v) is 10.2. The first kappa shape index (κ1) is 22.4. The number of nitrogens with zero attached hydrogens (tertiary/aromatic N) is 2. The second-order valence-electron chi connectivity index (χ2n) is 8.12. The van der Waals surface area contributed by atoms with Gasteiger partial charge in [-0.3, -0.25) is 4.79 Å². The summed E-state index contributed by atoms with van der Waals surface area (Å²) >= 11 is 0. The van der Waals surface area contributed by atoms with Crippen molar-refractivity contribution < 1.29 is 23.1 Å². The van der Waals surface area contributed by atoms with E-state index >= 15 is 4.39 Å². The summed E-state index contributed by atoms with van der Waals surface area (Å²) in [6.07, 6.45) is 7.37. The number of rotatable bonds is 4. The Balaban J connectivity index is 2.10. The quantitative estimate of drug-likeness (QED) is 0.590. The van der Waals surface area contributed by atoms with Gasteiger partial charge in [-0.05, 0) is 37.5 Å². The van der Waals surface area contributed by atoms with Gasteiger partial charge in [-0.2, -0.15) is 0 Å². The number of carboxylic acid groups (broad SMARTS) is 1. The zero-order valence-electron chi connectivity index (χ0n) is 17.6. The normalized spacial score (nSPS) is 16.7. The van der Waals surface area contributed by atoms with Crippen molar-refractivity contribution in [2.24, 2.45) is 11.7 Å². The molecule has 2 heterocycles. The first-order valence-electron chi connectivity index (χ1n) is 10.2. The number of hydrogen-bond donors (Lipinski definition) is 2. The van der Waals surface area contributed by atoms with Crippen LogP contribution in [0.2, 0.25) is 0 Å². The molecule has 3 N–H and O–H groups in total. The number of carbonyl (C=O) groups is 1. The van der Waals surface area contributed by atoms with E-state index in [1.807, 2.05) is 6.92 Å². The lowest BCUT2D eigenvalue weighted by atomic mass is 10.0. The van der Waals surface area contributed by atoms with Crippen molar-refractivity contribution >= 4 is 22.6 Å². The van der Waals surface area contributed by atoms with Crippen LogP contribution in [0.5, 0.6) is 0 Å². The summed E-state index contributed by atoms with van der Waals surface area (Å²) in [6.45, 7) is 2.75. The molecule has 0 spiro atoms.